The average molecular weight is 193 g/mol. The second-order valence-corrected chi connectivity index (χ2v) is 2.78. The maximum atomic E-state index is 10.5. The molecule has 0 aliphatic heterocycles. The molecule has 2 aromatic rings. The number of hydrogen-bond acceptors (Lipinski definition) is 4. The van der Waals surface area contributed by atoms with Crippen molar-refractivity contribution < 1.29 is 14.3 Å². The van der Waals surface area contributed by atoms with Crippen LogP contribution in [0.5, 0.6) is 0 Å². The third kappa shape index (κ3) is 1.37. The molecule has 0 saturated carbocycles. The van der Waals surface area contributed by atoms with Gasteiger partial charge in [-0.25, -0.2) is 4.79 Å². The van der Waals surface area contributed by atoms with Crippen molar-refractivity contribution in [2.75, 3.05) is 0 Å². The number of carboxylic acid groups (broad SMARTS) is 1. The monoisotopic (exact) mass is 193 g/mol. The van der Waals surface area contributed by atoms with E-state index < -0.39 is 5.97 Å². The lowest BCUT2D eigenvalue weighted by Crippen LogP contribution is -1.99. The van der Waals surface area contributed by atoms with E-state index in [1.165, 1.54) is 4.68 Å². The van der Waals surface area contributed by atoms with E-state index in [-0.39, 0.29) is 11.7 Å². The lowest BCUT2D eigenvalue weighted by atomic mass is 10.4. The Labute approximate surface area is 78.8 Å². The van der Waals surface area contributed by atoms with Crippen LogP contribution >= 0.6 is 0 Å². The van der Waals surface area contributed by atoms with Gasteiger partial charge in [-0.2, -0.15) is 14.8 Å². The first-order chi connectivity index (χ1) is 6.66. The van der Waals surface area contributed by atoms with Crippen LogP contribution < -0.4 is 0 Å². The van der Waals surface area contributed by atoms with Gasteiger partial charge in [-0.1, -0.05) is 0 Å². The minimum atomic E-state index is -1.12. The molecule has 0 amide bonds. The zero-order valence-electron chi connectivity index (χ0n) is 7.34. The van der Waals surface area contributed by atoms with Crippen molar-refractivity contribution in [1.29, 1.82) is 0 Å². The first-order valence-corrected chi connectivity index (χ1v) is 3.87. The van der Waals surface area contributed by atoms with E-state index in [1.54, 1.807) is 12.4 Å². The van der Waals surface area contributed by atoms with Gasteiger partial charge >= 0.3 is 12.0 Å². The fourth-order valence-corrected chi connectivity index (χ4v) is 0.985. The molecule has 0 fully saturated rings. The molecule has 6 nitrogen and oxygen atoms in total. The first-order valence-electron chi connectivity index (χ1n) is 3.87. The van der Waals surface area contributed by atoms with Crippen molar-refractivity contribution in [3.63, 3.8) is 0 Å². The summed E-state index contributed by atoms with van der Waals surface area (Å²) in [4.78, 5) is 14.2. The van der Waals surface area contributed by atoms with E-state index in [4.69, 9.17) is 9.52 Å². The maximum absolute atomic E-state index is 10.5. The van der Waals surface area contributed by atoms with Gasteiger partial charge in [0.25, 0.3) is 0 Å². The number of carbonyl (C=O) groups is 1. The third-order valence-corrected chi connectivity index (χ3v) is 1.62. The van der Waals surface area contributed by atoms with Gasteiger partial charge in [-0.05, 0) is 12.5 Å². The number of aromatic nitrogens is 3. The summed E-state index contributed by atoms with van der Waals surface area (Å²) in [6.45, 7) is 1.87. The summed E-state index contributed by atoms with van der Waals surface area (Å²) in [6, 6.07) is 0.149. The second-order valence-electron chi connectivity index (χ2n) is 2.78. The van der Waals surface area contributed by atoms with Gasteiger partial charge < -0.3 is 9.52 Å². The van der Waals surface area contributed by atoms with E-state index in [0.717, 1.165) is 11.8 Å². The molecule has 72 valence electrons. The minimum absolute atomic E-state index is 0.131. The summed E-state index contributed by atoms with van der Waals surface area (Å²) >= 11 is 0. The smallest absolute Gasteiger partial charge is 0.357 e. The van der Waals surface area contributed by atoms with Crippen molar-refractivity contribution in [1.82, 2.24) is 14.8 Å². The largest absolute Gasteiger partial charge is 0.476 e. The van der Waals surface area contributed by atoms with Gasteiger partial charge in [-0.3, -0.25) is 0 Å². The number of aryl methyl sites for hydroxylation is 1. The molecule has 0 aromatic carbocycles. The average Bonchev–Trinajstić information content (AvgIpc) is 2.70. The molecule has 1 N–H and O–H groups in total. The number of rotatable bonds is 2. The topological polar surface area (TPSA) is 81.2 Å². The van der Waals surface area contributed by atoms with Gasteiger partial charge in [0.2, 0.25) is 0 Å². The predicted octanol–water partition coefficient (Wildman–Crippen LogP) is 0.867. The normalized spacial score (nSPS) is 10.4. The van der Waals surface area contributed by atoms with Crippen LogP contribution in [0.3, 0.4) is 0 Å². The summed E-state index contributed by atoms with van der Waals surface area (Å²) in [5.41, 5.74) is 0.813. The SMILES string of the molecule is Cc1cnn(-c2nc(C(=O)O)co2)c1. The Bertz CT molecular complexity index is 472. The molecule has 14 heavy (non-hydrogen) atoms. The number of nitrogens with zero attached hydrogens (tertiary/aromatic N) is 3. The fraction of sp³-hybridized carbons (Fsp3) is 0.125. The predicted molar refractivity (Wildman–Crippen MR) is 45.3 cm³/mol. The number of aromatic carboxylic acids is 1. The molecule has 0 aliphatic rings. The van der Waals surface area contributed by atoms with Gasteiger partial charge in [0.1, 0.15) is 6.26 Å². The molecule has 0 bridgehead atoms. The van der Waals surface area contributed by atoms with Crippen LogP contribution in [-0.2, 0) is 0 Å². The van der Waals surface area contributed by atoms with Crippen LogP contribution in [0.15, 0.2) is 23.1 Å². The number of hydrogen-bond donors (Lipinski definition) is 1. The van der Waals surface area contributed by atoms with E-state index in [2.05, 4.69) is 10.1 Å². The van der Waals surface area contributed by atoms with Crippen LogP contribution in [-0.4, -0.2) is 25.8 Å². The first kappa shape index (κ1) is 8.49. The summed E-state index contributed by atoms with van der Waals surface area (Å²) < 4.78 is 6.31. The molecular weight excluding hydrogens is 186 g/mol. The van der Waals surface area contributed by atoms with Crippen LogP contribution in [0.25, 0.3) is 6.01 Å². The van der Waals surface area contributed by atoms with Crippen molar-refractivity contribution in [2.24, 2.45) is 0 Å². The zero-order chi connectivity index (χ0) is 10.1. The highest BCUT2D eigenvalue weighted by Crippen LogP contribution is 2.07. The molecule has 0 atom stereocenters. The lowest BCUT2D eigenvalue weighted by Gasteiger charge is -1.89. The molecular formula is C8H7N3O3. The Hall–Kier alpha value is -2.11. The zero-order valence-corrected chi connectivity index (χ0v) is 7.34. The van der Waals surface area contributed by atoms with Crippen LogP contribution in [0.1, 0.15) is 16.1 Å². The number of carboxylic acids is 1. The second kappa shape index (κ2) is 2.99. The molecule has 2 aromatic heterocycles. The molecule has 0 radical (unpaired) electrons. The molecule has 6 heteroatoms. The quantitative estimate of drug-likeness (QED) is 0.765. The van der Waals surface area contributed by atoms with Crippen molar-refractivity contribution in [3.05, 3.63) is 29.9 Å². The highest BCUT2D eigenvalue weighted by atomic mass is 16.4. The number of oxazole rings is 1. The van der Waals surface area contributed by atoms with E-state index in [1.807, 2.05) is 6.92 Å². The molecule has 0 aliphatic carbocycles. The standard InChI is InChI=1S/C8H7N3O3/c1-5-2-9-11(3-5)8-10-6(4-14-8)7(12)13/h2-4H,1H3,(H,12,13). The van der Waals surface area contributed by atoms with E-state index >= 15 is 0 Å². The minimum Gasteiger partial charge on any atom is -0.476 e. The van der Waals surface area contributed by atoms with Crippen molar-refractivity contribution >= 4 is 5.97 Å². The Morgan fingerprint density at radius 3 is 2.93 bits per heavy atom. The molecule has 0 spiro atoms. The molecule has 0 unspecified atom stereocenters. The van der Waals surface area contributed by atoms with Gasteiger partial charge in [0, 0.05) is 6.20 Å². The van der Waals surface area contributed by atoms with Crippen LogP contribution in [0.2, 0.25) is 0 Å². The lowest BCUT2D eigenvalue weighted by molar-refractivity contribution is 0.0690. The van der Waals surface area contributed by atoms with Gasteiger partial charge in [0.15, 0.2) is 5.69 Å². The molecule has 0 saturated heterocycles. The van der Waals surface area contributed by atoms with Gasteiger partial charge in [-0.15, -0.1) is 0 Å². The van der Waals surface area contributed by atoms with Crippen molar-refractivity contribution in [2.45, 2.75) is 6.92 Å². The Kier molecular flexibility index (Phi) is 1.81. The van der Waals surface area contributed by atoms with Crippen LogP contribution in [0, 0.1) is 6.92 Å². The summed E-state index contributed by atoms with van der Waals surface area (Å²) in [7, 11) is 0. The molecule has 2 heterocycles. The van der Waals surface area contributed by atoms with Crippen LogP contribution in [0.4, 0.5) is 0 Å². The molecule has 2 rings (SSSR count). The Morgan fingerprint density at radius 2 is 2.43 bits per heavy atom. The summed E-state index contributed by atoms with van der Waals surface area (Å²) in [5, 5.41) is 12.5. The maximum Gasteiger partial charge on any atom is 0.357 e. The summed E-state index contributed by atoms with van der Waals surface area (Å²) in [6.07, 6.45) is 4.40. The fourth-order valence-electron chi connectivity index (χ4n) is 0.985. The van der Waals surface area contributed by atoms with E-state index in [9.17, 15) is 4.79 Å². The third-order valence-electron chi connectivity index (χ3n) is 1.62. The Balaban J connectivity index is 2.38. The summed E-state index contributed by atoms with van der Waals surface area (Å²) in [5.74, 6) is -1.12. The van der Waals surface area contributed by atoms with E-state index in [0.29, 0.717) is 0 Å². The highest BCUT2D eigenvalue weighted by molar-refractivity contribution is 5.84. The Morgan fingerprint density at radius 1 is 1.64 bits per heavy atom. The van der Waals surface area contributed by atoms with Crippen molar-refractivity contribution in [3.8, 4) is 6.01 Å². The highest BCUT2D eigenvalue weighted by Gasteiger charge is 2.11. The van der Waals surface area contributed by atoms with Gasteiger partial charge in [0.05, 0.1) is 6.20 Å².